The second-order valence-electron chi connectivity index (χ2n) is 6.82. The molecule has 0 atom stereocenters. The highest BCUT2D eigenvalue weighted by Crippen LogP contribution is 2.36. The van der Waals surface area contributed by atoms with Gasteiger partial charge in [-0.3, -0.25) is 4.79 Å². The number of rotatable bonds is 6. The van der Waals surface area contributed by atoms with E-state index in [0.29, 0.717) is 22.4 Å². The highest BCUT2D eigenvalue weighted by atomic mass is 32.1. The largest absolute Gasteiger partial charge is 0.484 e. The molecule has 31 heavy (non-hydrogen) atoms. The molecule has 2 aromatic heterocycles. The number of carbonyl (C=O) groups excluding carboxylic acids is 1. The van der Waals surface area contributed by atoms with Gasteiger partial charge in [0.15, 0.2) is 18.1 Å². The third-order valence-electron chi connectivity index (χ3n) is 4.55. The molecule has 8 nitrogen and oxygen atoms in total. The topological polar surface area (TPSA) is 87.5 Å². The first-order valence-electron chi connectivity index (χ1n) is 9.56. The molecule has 1 N–H and O–H groups in total. The maximum atomic E-state index is 12.4. The van der Waals surface area contributed by atoms with Gasteiger partial charge >= 0.3 is 0 Å². The number of benzene rings is 2. The maximum absolute atomic E-state index is 12.4. The lowest BCUT2D eigenvalue weighted by atomic mass is 10.1. The van der Waals surface area contributed by atoms with Gasteiger partial charge in [0.25, 0.3) is 5.91 Å². The predicted octanol–water partition coefficient (Wildman–Crippen LogP) is 4.05. The van der Waals surface area contributed by atoms with Gasteiger partial charge in [0.1, 0.15) is 11.6 Å². The number of amides is 1. The predicted molar refractivity (Wildman–Crippen MR) is 116 cm³/mol. The van der Waals surface area contributed by atoms with E-state index in [1.807, 2.05) is 48.7 Å². The molecule has 0 spiro atoms. The Morgan fingerprint density at radius 1 is 1.16 bits per heavy atom. The average molecular weight is 434 g/mol. The monoisotopic (exact) mass is 434 g/mol. The van der Waals surface area contributed by atoms with Crippen molar-refractivity contribution in [2.75, 3.05) is 18.7 Å². The molecule has 0 aliphatic carbocycles. The Bertz CT molecular complexity index is 1240. The van der Waals surface area contributed by atoms with Gasteiger partial charge in [0.2, 0.25) is 11.9 Å². The Hall–Kier alpha value is -3.85. The summed E-state index contributed by atoms with van der Waals surface area (Å²) >= 11 is 1.43. The molecule has 0 saturated heterocycles. The van der Waals surface area contributed by atoms with Gasteiger partial charge in [-0.25, -0.2) is 4.98 Å². The van der Waals surface area contributed by atoms with Crippen LogP contribution in [0.3, 0.4) is 0 Å². The number of carbonyl (C=O) groups is 1. The Labute approximate surface area is 182 Å². The summed E-state index contributed by atoms with van der Waals surface area (Å²) in [5, 5.41) is 9.91. The van der Waals surface area contributed by atoms with Crippen molar-refractivity contribution in [2.45, 2.75) is 6.92 Å². The number of para-hydroxylation sites is 1. The lowest BCUT2D eigenvalue weighted by Crippen LogP contribution is -2.21. The number of anilines is 1. The van der Waals surface area contributed by atoms with E-state index in [4.69, 9.17) is 19.2 Å². The van der Waals surface area contributed by atoms with Crippen LogP contribution in [0, 0.1) is 6.92 Å². The number of nitrogens with one attached hydrogen (secondary N) is 1. The smallest absolute Gasteiger partial charge is 0.263 e. The third-order valence-corrected chi connectivity index (χ3v) is 5.37. The Balaban J connectivity index is 1.33. The fourth-order valence-corrected chi connectivity index (χ4v) is 3.92. The van der Waals surface area contributed by atoms with Crippen LogP contribution in [0.4, 0.5) is 5.82 Å². The molecule has 2 aromatic carbocycles. The van der Waals surface area contributed by atoms with Crippen LogP contribution in [0.1, 0.15) is 5.69 Å². The summed E-state index contributed by atoms with van der Waals surface area (Å²) in [6, 6.07) is 16.7. The van der Waals surface area contributed by atoms with Crippen molar-refractivity contribution in [2.24, 2.45) is 0 Å². The van der Waals surface area contributed by atoms with Crippen molar-refractivity contribution in [3.63, 3.8) is 0 Å². The summed E-state index contributed by atoms with van der Waals surface area (Å²) in [6.45, 7) is 1.98. The summed E-state index contributed by atoms with van der Waals surface area (Å²) in [5.41, 5.74) is 2.47. The number of aryl methyl sites for hydroxylation is 1. The van der Waals surface area contributed by atoms with Crippen LogP contribution in [0.2, 0.25) is 0 Å². The molecule has 0 fully saturated rings. The fourth-order valence-electron chi connectivity index (χ4n) is 3.13. The Morgan fingerprint density at radius 2 is 2.00 bits per heavy atom. The van der Waals surface area contributed by atoms with Gasteiger partial charge in [-0.1, -0.05) is 18.2 Å². The first kappa shape index (κ1) is 19.1. The number of hydrogen-bond acceptors (Lipinski definition) is 7. The summed E-state index contributed by atoms with van der Waals surface area (Å²) < 4.78 is 17.9. The molecule has 0 bridgehead atoms. The second kappa shape index (κ2) is 8.11. The maximum Gasteiger partial charge on any atom is 0.263 e. The number of hydrogen-bond donors (Lipinski definition) is 1. The lowest BCUT2D eigenvalue weighted by molar-refractivity contribution is -0.118. The molecular weight excluding hydrogens is 416 g/mol. The summed E-state index contributed by atoms with van der Waals surface area (Å²) in [4.78, 5) is 17.1. The zero-order chi connectivity index (χ0) is 21.2. The molecule has 3 heterocycles. The van der Waals surface area contributed by atoms with E-state index in [1.54, 1.807) is 22.9 Å². The molecular formula is C22H18N4O4S. The lowest BCUT2D eigenvalue weighted by Gasteiger charge is -2.08. The van der Waals surface area contributed by atoms with Crippen molar-refractivity contribution in [1.29, 1.82) is 0 Å². The molecule has 0 unspecified atom stereocenters. The van der Waals surface area contributed by atoms with Crippen molar-refractivity contribution in [3.05, 3.63) is 65.7 Å². The zero-order valence-corrected chi connectivity index (χ0v) is 17.4. The molecule has 0 radical (unpaired) electrons. The van der Waals surface area contributed by atoms with Crippen LogP contribution >= 0.6 is 11.3 Å². The molecule has 1 amide bonds. The van der Waals surface area contributed by atoms with Crippen LogP contribution in [0.15, 0.2) is 60.0 Å². The van der Waals surface area contributed by atoms with E-state index in [9.17, 15) is 4.79 Å². The van der Waals surface area contributed by atoms with Crippen LogP contribution in [-0.2, 0) is 4.79 Å². The van der Waals surface area contributed by atoms with Crippen LogP contribution < -0.4 is 19.5 Å². The van der Waals surface area contributed by atoms with E-state index >= 15 is 0 Å². The van der Waals surface area contributed by atoms with E-state index in [1.165, 1.54) is 11.3 Å². The van der Waals surface area contributed by atoms with Gasteiger partial charge in [0.05, 0.1) is 11.4 Å². The quantitative estimate of drug-likeness (QED) is 0.493. The minimum Gasteiger partial charge on any atom is -0.484 e. The minimum atomic E-state index is -0.280. The molecule has 9 heteroatoms. The van der Waals surface area contributed by atoms with Crippen molar-refractivity contribution >= 4 is 23.1 Å². The van der Waals surface area contributed by atoms with Gasteiger partial charge in [0, 0.05) is 17.0 Å². The molecule has 156 valence electrons. The fraction of sp³-hybridized carbons (Fsp3) is 0.136. The number of nitrogens with zero attached hydrogens (tertiary/aromatic N) is 3. The summed E-state index contributed by atoms with van der Waals surface area (Å²) in [7, 11) is 0. The standard InChI is InChI=1S/C22H18N4O4S/c1-14-9-20(24-21(27)11-28-16-5-3-2-4-6-16)26(25-14)22-23-17(12-31-22)15-7-8-18-19(10-15)30-13-29-18/h2-10,12H,11,13H2,1H3,(H,24,27). The van der Waals surface area contributed by atoms with Crippen LogP contribution in [0.5, 0.6) is 17.2 Å². The van der Waals surface area contributed by atoms with E-state index in [-0.39, 0.29) is 19.3 Å². The molecule has 5 rings (SSSR count). The molecule has 0 saturated carbocycles. The van der Waals surface area contributed by atoms with Crippen molar-refractivity contribution < 1.29 is 19.0 Å². The third kappa shape index (κ3) is 4.08. The van der Waals surface area contributed by atoms with Crippen molar-refractivity contribution in [3.8, 4) is 33.6 Å². The normalized spacial score (nSPS) is 12.0. The first-order valence-corrected chi connectivity index (χ1v) is 10.4. The SMILES string of the molecule is Cc1cc(NC(=O)COc2ccccc2)n(-c2nc(-c3ccc4c(c3)OCO4)cs2)n1. The number of thiazole rings is 1. The number of aromatic nitrogens is 3. The van der Waals surface area contributed by atoms with E-state index in [0.717, 1.165) is 22.7 Å². The number of ether oxygens (including phenoxy) is 3. The van der Waals surface area contributed by atoms with Gasteiger partial charge in [-0.15, -0.1) is 11.3 Å². The highest BCUT2D eigenvalue weighted by Gasteiger charge is 2.17. The van der Waals surface area contributed by atoms with Crippen LogP contribution in [0.25, 0.3) is 16.4 Å². The van der Waals surface area contributed by atoms with Crippen molar-refractivity contribution in [1.82, 2.24) is 14.8 Å². The zero-order valence-electron chi connectivity index (χ0n) is 16.6. The summed E-state index contributed by atoms with van der Waals surface area (Å²) in [5.74, 6) is 2.32. The minimum absolute atomic E-state index is 0.103. The number of fused-ring (bicyclic) bond motifs is 1. The first-order chi connectivity index (χ1) is 15.2. The second-order valence-corrected chi connectivity index (χ2v) is 7.65. The highest BCUT2D eigenvalue weighted by molar-refractivity contribution is 7.12. The summed E-state index contributed by atoms with van der Waals surface area (Å²) in [6.07, 6.45) is 0. The van der Waals surface area contributed by atoms with Gasteiger partial charge in [-0.2, -0.15) is 9.78 Å². The van der Waals surface area contributed by atoms with Gasteiger partial charge < -0.3 is 19.5 Å². The molecule has 1 aliphatic heterocycles. The van der Waals surface area contributed by atoms with Gasteiger partial charge in [-0.05, 0) is 37.3 Å². The Kier molecular flexibility index (Phi) is 5.01. The average Bonchev–Trinajstić information content (AvgIpc) is 3.52. The van der Waals surface area contributed by atoms with E-state index in [2.05, 4.69) is 10.4 Å². The van der Waals surface area contributed by atoms with E-state index < -0.39 is 0 Å². The Morgan fingerprint density at radius 3 is 2.87 bits per heavy atom. The molecule has 1 aliphatic rings. The molecule has 4 aromatic rings. The van der Waals surface area contributed by atoms with Crippen LogP contribution in [-0.4, -0.2) is 34.1 Å².